The second kappa shape index (κ2) is 6.85. The fourth-order valence-electron chi connectivity index (χ4n) is 2.32. The molecule has 1 aliphatic heterocycles. The highest BCUT2D eigenvalue weighted by Crippen LogP contribution is 2.20. The standard InChI is InChI=1S/C20H17NO2/c22-20(23)13-10-17-5-2-16(3-6-17)4-7-18-8-11-19(12-9-18)21-14-1-15-21/h2-3,5-6,8-13H,1,14-15H2,(H,22,23). The van der Waals surface area contributed by atoms with Gasteiger partial charge in [0.25, 0.3) is 0 Å². The summed E-state index contributed by atoms with van der Waals surface area (Å²) in [6.07, 6.45) is 3.97. The normalized spacial score (nSPS) is 13.3. The highest BCUT2D eigenvalue weighted by atomic mass is 16.4. The van der Waals surface area contributed by atoms with Crippen molar-refractivity contribution in [3.63, 3.8) is 0 Å². The van der Waals surface area contributed by atoms with E-state index in [0.717, 1.165) is 35.9 Å². The van der Waals surface area contributed by atoms with Gasteiger partial charge in [-0.25, -0.2) is 4.79 Å². The van der Waals surface area contributed by atoms with Crippen LogP contribution < -0.4 is 4.90 Å². The zero-order valence-corrected chi connectivity index (χ0v) is 12.7. The molecule has 114 valence electrons. The zero-order chi connectivity index (χ0) is 16.1. The Bertz CT molecular complexity index is 773. The lowest BCUT2D eigenvalue weighted by atomic mass is 10.1. The number of aliphatic carboxylic acids is 1. The molecule has 0 amide bonds. The molecule has 1 fully saturated rings. The summed E-state index contributed by atoms with van der Waals surface area (Å²) in [6, 6.07) is 15.8. The van der Waals surface area contributed by atoms with Gasteiger partial charge in [-0.2, -0.15) is 0 Å². The van der Waals surface area contributed by atoms with Gasteiger partial charge < -0.3 is 10.0 Å². The van der Waals surface area contributed by atoms with Crippen molar-refractivity contribution in [1.82, 2.24) is 0 Å². The third kappa shape index (κ3) is 4.02. The Morgan fingerprint density at radius 3 is 2.00 bits per heavy atom. The van der Waals surface area contributed by atoms with Gasteiger partial charge in [-0.05, 0) is 54.5 Å². The summed E-state index contributed by atoms with van der Waals surface area (Å²) in [4.78, 5) is 12.8. The SMILES string of the molecule is O=C(O)C=Cc1ccc(C#Cc2ccc(N3CCC3)cc2)cc1. The fraction of sp³-hybridized carbons (Fsp3) is 0.150. The molecule has 0 saturated carbocycles. The number of carboxylic acids is 1. The van der Waals surface area contributed by atoms with Gasteiger partial charge >= 0.3 is 5.97 Å². The van der Waals surface area contributed by atoms with E-state index in [1.54, 1.807) is 6.08 Å². The van der Waals surface area contributed by atoms with Gasteiger partial charge in [-0.1, -0.05) is 24.0 Å². The Morgan fingerprint density at radius 2 is 1.52 bits per heavy atom. The predicted octanol–water partition coefficient (Wildman–Crippen LogP) is 3.39. The molecule has 0 unspecified atom stereocenters. The lowest BCUT2D eigenvalue weighted by Gasteiger charge is -2.33. The van der Waals surface area contributed by atoms with Crippen LogP contribution in [0.1, 0.15) is 23.1 Å². The van der Waals surface area contributed by atoms with Crippen LogP contribution in [0.3, 0.4) is 0 Å². The lowest BCUT2D eigenvalue weighted by Crippen LogP contribution is -2.36. The highest BCUT2D eigenvalue weighted by Gasteiger charge is 2.13. The molecule has 2 aromatic carbocycles. The third-order valence-corrected chi connectivity index (χ3v) is 3.77. The fourth-order valence-corrected chi connectivity index (χ4v) is 2.32. The number of hydrogen-bond donors (Lipinski definition) is 1. The summed E-state index contributed by atoms with van der Waals surface area (Å²) < 4.78 is 0. The van der Waals surface area contributed by atoms with Crippen LogP contribution in [-0.4, -0.2) is 24.2 Å². The van der Waals surface area contributed by atoms with E-state index >= 15 is 0 Å². The lowest BCUT2D eigenvalue weighted by molar-refractivity contribution is -0.131. The van der Waals surface area contributed by atoms with E-state index in [0.29, 0.717) is 0 Å². The highest BCUT2D eigenvalue weighted by molar-refractivity contribution is 5.85. The van der Waals surface area contributed by atoms with Gasteiger partial charge in [0.2, 0.25) is 0 Å². The molecule has 0 aromatic heterocycles. The van der Waals surface area contributed by atoms with E-state index in [9.17, 15) is 4.79 Å². The van der Waals surface area contributed by atoms with Gasteiger partial charge in [-0.15, -0.1) is 0 Å². The predicted molar refractivity (Wildman–Crippen MR) is 92.4 cm³/mol. The maximum Gasteiger partial charge on any atom is 0.328 e. The monoisotopic (exact) mass is 303 g/mol. The van der Waals surface area contributed by atoms with Gasteiger partial charge in [0.1, 0.15) is 0 Å². The molecule has 23 heavy (non-hydrogen) atoms. The number of nitrogens with zero attached hydrogens (tertiary/aromatic N) is 1. The first-order valence-corrected chi connectivity index (χ1v) is 7.59. The van der Waals surface area contributed by atoms with E-state index in [1.165, 1.54) is 12.1 Å². The van der Waals surface area contributed by atoms with Crippen molar-refractivity contribution in [2.75, 3.05) is 18.0 Å². The number of carbonyl (C=O) groups is 1. The molecule has 0 spiro atoms. The molecule has 1 N–H and O–H groups in total. The first kappa shape index (κ1) is 14.9. The molecule has 1 aliphatic rings. The van der Waals surface area contributed by atoms with Crippen molar-refractivity contribution < 1.29 is 9.90 Å². The van der Waals surface area contributed by atoms with Crippen molar-refractivity contribution in [3.8, 4) is 11.8 Å². The summed E-state index contributed by atoms with van der Waals surface area (Å²) in [5.74, 6) is 5.33. The molecule has 0 atom stereocenters. The van der Waals surface area contributed by atoms with Crippen LogP contribution in [0.15, 0.2) is 54.6 Å². The minimum absolute atomic E-state index is 0.844. The summed E-state index contributed by atoms with van der Waals surface area (Å²) in [7, 11) is 0. The Morgan fingerprint density at radius 1 is 0.957 bits per heavy atom. The van der Waals surface area contributed by atoms with Crippen LogP contribution in [0.5, 0.6) is 0 Å². The summed E-state index contributed by atoms with van der Waals surface area (Å²) in [6.45, 7) is 2.29. The van der Waals surface area contributed by atoms with Gasteiger partial charge in [0.05, 0.1) is 0 Å². The number of hydrogen-bond acceptors (Lipinski definition) is 2. The second-order valence-electron chi connectivity index (χ2n) is 5.43. The van der Waals surface area contributed by atoms with Gasteiger partial charge in [-0.3, -0.25) is 0 Å². The van der Waals surface area contributed by atoms with Crippen LogP contribution in [-0.2, 0) is 4.79 Å². The Labute approximate surface area is 135 Å². The van der Waals surface area contributed by atoms with Crippen molar-refractivity contribution in [1.29, 1.82) is 0 Å². The molecule has 1 heterocycles. The molecule has 0 radical (unpaired) electrons. The quantitative estimate of drug-likeness (QED) is 0.698. The van der Waals surface area contributed by atoms with Crippen LogP contribution in [0.25, 0.3) is 6.08 Å². The summed E-state index contributed by atoms with van der Waals surface area (Å²) in [5.41, 5.74) is 4.00. The van der Waals surface area contributed by atoms with Crippen LogP contribution in [0.2, 0.25) is 0 Å². The number of benzene rings is 2. The van der Waals surface area contributed by atoms with Crippen LogP contribution >= 0.6 is 0 Å². The van der Waals surface area contributed by atoms with E-state index in [4.69, 9.17) is 5.11 Å². The molecule has 3 nitrogen and oxygen atoms in total. The average Bonchev–Trinajstić information content (AvgIpc) is 2.51. The van der Waals surface area contributed by atoms with Crippen molar-refractivity contribution in [2.45, 2.75) is 6.42 Å². The molecule has 3 heteroatoms. The van der Waals surface area contributed by atoms with Crippen molar-refractivity contribution in [3.05, 3.63) is 71.3 Å². The first-order chi connectivity index (χ1) is 11.2. The number of anilines is 1. The number of carboxylic acid groups (broad SMARTS) is 1. The first-order valence-electron chi connectivity index (χ1n) is 7.59. The summed E-state index contributed by atoms with van der Waals surface area (Å²) >= 11 is 0. The maximum absolute atomic E-state index is 10.5. The minimum Gasteiger partial charge on any atom is -0.478 e. The second-order valence-corrected chi connectivity index (χ2v) is 5.43. The van der Waals surface area contributed by atoms with E-state index in [-0.39, 0.29) is 0 Å². The maximum atomic E-state index is 10.5. The molecule has 1 saturated heterocycles. The molecule has 2 aromatic rings. The Hall–Kier alpha value is -2.99. The Balaban J connectivity index is 1.67. The minimum atomic E-state index is -0.949. The molecular weight excluding hydrogens is 286 g/mol. The average molecular weight is 303 g/mol. The number of rotatable bonds is 3. The van der Waals surface area contributed by atoms with E-state index in [2.05, 4.69) is 28.9 Å². The molecule has 3 rings (SSSR count). The molecule has 0 aliphatic carbocycles. The van der Waals surface area contributed by atoms with Crippen LogP contribution in [0, 0.1) is 11.8 Å². The van der Waals surface area contributed by atoms with Gasteiger partial charge in [0, 0.05) is 36.0 Å². The van der Waals surface area contributed by atoms with Crippen molar-refractivity contribution in [2.24, 2.45) is 0 Å². The summed E-state index contributed by atoms with van der Waals surface area (Å²) in [5, 5.41) is 8.60. The van der Waals surface area contributed by atoms with Crippen LogP contribution in [0.4, 0.5) is 5.69 Å². The molecule has 0 bridgehead atoms. The largest absolute Gasteiger partial charge is 0.478 e. The topological polar surface area (TPSA) is 40.5 Å². The van der Waals surface area contributed by atoms with Gasteiger partial charge in [0.15, 0.2) is 0 Å². The molecular formula is C20H17NO2. The zero-order valence-electron chi connectivity index (χ0n) is 12.7. The smallest absolute Gasteiger partial charge is 0.328 e. The van der Waals surface area contributed by atoms with E-state index in [1.807, 2.05) is 36.4 Å². The van der Waals surface area contributed by atoms with Crippen molar-refractivity contribution >= 4 is 17.7 Å². The third-order valence-electron chi connectivity index (χ3n) is 3.77. The van der Waals surface area contributed by atoms with E-state index < -0.39 is 5.97 Å². The Kier molecular flexibility index (Phi) is 4.44.